The Hall–Kier alpha value is -1.88. The molecule has 2 aromatic rings. The standard InChI is InChI=1S/C13H17N3O2/c1-8-11(9(2)16(3)15-8)13(17)12-10(18-4)6-5-7-14-12/h5-7,13,17H,1-4H3. The summed E-state index contributed by atoms with van der Waals surface area (Å²) < 4.78 is 6.98. The van der Waals surface area contributed by atoms with Gasteiger partial charge in [-0.1, -0.05) is 0 Å². The van der Waals surface area contributed by atoms with Crippen LogP contribution in [0.15, 0.2) is 18.3 Å². The Morgan fingerprint density at radius 2 is 2.11 bits per heavy atom. The van der Waals surface area contributed by atoms with Crippen LogP contribution in [0.4, 0.5) is 0 Å². The molecular weight excluding hydrogens is 230 g/mol. The molecule has 0 aliphatic carbocycles. The van der Waals surface area contributed by atoms with Crippen LogP contribution < -0.4 is 4.74 Å². The van der Waals surface area contributed by atoms with Crippen LogP contribution >= 0.6 is 0 Å². The molecule has 0 spiro atoms. The predicted octanol–water partition coefficient (Wildman–Crippen LogP) is 1.52. The van der Waals surface area contributed by atoms with Gasteiger partial charge in [-0.25, -0.2) is 0 Å². The summed E-state index contributed by atoms with van der Waals surface area (Å²) in [5.74, 6) is 0.577. The van der Waals surface area contributed by atoms with Gasteiger partial charge < -0.3 is 9.84 Å². The lowest BCUT2D eigenvalue weighted by atomic mass is 10.0. The van der Waals surface area contributed by atoms with Crippen LogP contribution in [0.1, 0.15) is 28.7 Å². The van der Waals surface area contributed by atoms with Gasteiger partial charge in [-0.2, -0.15) is 5.10 Å². The molecule has 2 aromatic heterocycles. The normalized spacial score (nSPS) is 12.5. The van der Waals surface area contributed by atoms with Crippen molar-refractivity contribution in [3.63, 3.8) is 0 Å². The molecule has 1 N–H and O–H groups in total. The van der Waals surface area contributed by atoms with E-state index in [0.29, 0.717) is 11.4 Å². The summed E-state index contributed by atoms with van der Waals surface area (Å²) in [6.45, 7) is 3.80. The number of hydrogen-bond acceptors (Lipinski definition) is 4. The topological polar surface area (TPSA) is 60.2 Å². The molecule has 1 atom stereocenters. The van der Waals surface area contributed by atoms with E-state index in [4.69, 9.17) is 4.74 Å². The molecule has 0 saturated carbocycles. The molecule has 0 fully saturated rings. The summed E-state index contributed by atoms with van der Waals surface area (Å²) >= 11 is 0. The number of rotatable bonds is 3. The lowest BCUT2D eigenvalue weighted by molar-refractivity contribution is 0.207. The number of aliphatic hydroxyl groups is 1. The average Bonchev–Trinajstić information content (AvgIpc) is 2.62. The first-order chi connectivity index (χ1) is 8.56. The molecule has 0 bridgehead atoms. The lowest BCUT2D eigenvalue weighted by Crippen LogP contribution is -2.07. The second kappa shape index (κ2) is 4.78. The second-order valence-corrected chi connectivity index (χ2v) is 4.20. The largest absolute Gasteiger partial charge is 0.495 e. The Morgan fingerprint density at radius 1 is 1.39 bits per heavy atom. The van der Waals surface area contributed by atoms with E-state index in [2.05, 4.69) is 10.1 Å². The van der Waals surface area contributed by atoms with E-state index in [1.165, 1.54) is 0 Å². The van der Waals surface area contributed by atoms with Crippen molar-refractivity contribution >= 4 is 0 Å². The van der Waals surface area contributed by atoms with E-state index in [9.17, 15) is 5.11 Å². The van der Waals surface area contributed by atoms with Gasteiger partial charge in [0.15, 0.2) is 0 Å². The highest BCUT2D eigenvalue weighted by Gasteiger charge is 2.23. The van der Waals surface area contributed by atoms with E-state index >= 15 is 0 Å². The van der Waals surface area contributed by atoms with E-state index in [-0.39, 0.29) is 0 Å². The average molecular weight is 247 g/mol. The van der Waals surface area contributed by atoms with E-state index in [0.717, 1.165) is 17.0 Å². The minimum absolute atomic E-state index is 0.513. The predicted molar refractivity (Wildman–Crippen MR) is 67.5 cm³/mol. The van der Waals surface area contributed by atoms with E-state index < -0.39 is 6.10 Å². The number of ether oxygens (including phenoxy) is 1. The van der Waals surface area contributed by atoms with Crippen molar-refractivity contribution in [2.75, 3.05) is 7.11 Å². The number of aromatic nitrogens is 3. The number of pyridine rings is 1. The highest BCUT2D eigenvalue weighted by molar-refractivity contribution is 5.38. The van der Waals surface area contributed by atoms with Gasteiger partial charge in [-0.05, 0) is 26.0 Å². The fourth-order valence-electron chi connectivity index (χ4n) is 2.10. The van der Waals surface area contributed by atoms with Crippen LogP contribution in [0.25, 0.3) is 0 Å². The van der Waals surface area contributed by atoms with E-state index in [1.807, 2.05) is 20.9 Å². The Balaban J connectivity index is 2.51. The van der Waals surface area contributed by atoms with Crippen molar-refractivity contribution in [3.05, 3.63) is 41.0 Å². The molecule has 0 radical (unpaired) electrons. The van der Waals surface area contributed by atoms with Crippen LogP contribution in [-0.2, 0) is 7.05 Å². The van der Waals surface area contributed by atoms with Crippen molar-refractivity contribution in [1.29, 1.82) is 0 Å². The van der Waals surface area contributed by atoms with Gasteiger partial charge in [-0.15, -0.1) is 0 Å². The van der Waals surface area contributed by atoms with Gasteiger partial charge in [0.1, 0.15) is 17.5 Å². The van der Waals surface area contributed by atoms with E-state index in [1.54, 1.807) is 30.1 Å². The Bertz CT molecular complexity index is 563. The van der Waals surface area contributed by atoms with Crippen LogP contribution in [0.2, 0.25) is 0 Å². The van der Waals surface area contributed by atoms with Crippen molar-refractivity contribution in [1.82, 2.24) is 14.8 Å². The second-order valence-electron chi connectivity index (χ2n) is 4.20. The van der Waals surface area contributed by atoms with Gasteiger partial charge in [0.25, 0.3) is 0 Å². The zero-order valence-corrected chi connectivity index (χ0v) is 11.0. The van der Waals surface area contributed by atoms with Crippen LogP contribution in [0.5, 0.6) is 5.75 Å². The molecule has 2 heterocycles. The maximum atomic E-state index is 10.5. The first-order valence-electron chi connectivity index (χ1n) is 5.73. The van der Waals surface area contributed by atoms with Gasteiger partial charge in [-0.3, -0.25) is 9.67 Å². The summed E-state index contributed by atoms with van der Waals surface area (Å²) in [5, 5.41) is 14.8. The summed E-state index contributed by atoms with van der Waals surface area (Å²) in [6, 6.07) is 3.56. The number of aliphatic hydroxyl groups excluding tert-OH is 1. The summed E-state index contributed by atoms with van der Waals surface area (Å²) in [4.78, 5) is 4.21. The molecule has 96 valence electrons. The van der Waals surface area contributed by atoms with Crippen LogP contribution in [0.3, 0.4) is 0 Å². The zero-order valence-electron chi connectivity index (χ0n) is 11.0. The molecule has 5 heteroatoms. The highest BCUT2D eigenvalue weighted by atomic mass is 16.5. The first kappa shape index (κ1) is 12.6. The van der Waals surface area contributed by atoms with Gasteiger partial charge in [0.2, 0.25) is 0 Å². The smallest absolute Gasteiger partial charge is 0.143 e. The van der Waals surface area contributed by atoms with Crippen molar-refractivity contribution < 1.29 is 9.84 Å². The monoisotopic (exact) mass is 247 g/mol. The minimum Gasteiger partial charge on any atom is -0.495 e. The Kier molecular flexibility index (Phi) is 3.34. The third kappa shape index (κ3) is 1.97. The van der Waals surface area contributed by atoms with Crippen LogP contribution in [-0.4, -0.2) is 27.0 Å². The molecular formula is C13H17N3O2. The number of nitrogens with zero attached hydrogens (tertiary/aromatic N) is 3. The fraction of sp³-hybridized carbons (Fsp3) is 0.385. The molecule has 0 saturated heterocycles. The maximum Gasteiger partial charge on any atom is 0.143 e. The third-order valence-electron chi connectivity index (χ3n) is 3.12. The molecule has 0 aliphatic rings. The molecule has 2 rings (SSSR count). The lowest BCUT2D eigenvalue weighted by Gasteiger charge is -2.14. The maximum absolute atomic E-state index is 10.5. The van der Waals surface area contributed by atoms with Crippen molar-refractivity contribution in [3.8, 4) is 5.75 Å². The molecule has 18 heavy (non-hydrogen) atoms. The SMILES string of the molecule is COc1cccnc1C(O)c1c(C)nn(C)c1C. The quantitative estimate of drug-likeness (QED) is 0.893. The molecule has 0 amide bonds. The zero-order chi connectivity index (χ0) is 13.3. The van der Waals surface area contributed by atoms with Crippen molar-refractivity contribution in [2.24, 2.45) is 7.05 Å². The Labute approximate surface area is 106 Å². The third-order valence-corrected chi connectivity index (χ3v) is 3.12. The van der Waals surface area contributed by atoms with Gasteiger partial charge >= 0.3 is 0 Å². The van der Waals surface area contributed by atoms with Gasteiger partial charge in [0.05, 0.1) is 12.8 Å². The number of methoxy groups -OCH3 is 1. The molecule has 1 unspecified atom stereocenters. The summed E-state index contributed by atoms with van der Waals surface area (Å²) in [7, 11) is 3.42. The minimum atomic E-state index is -0.824. The highest BCUT2D eigenvalue weighted by Crippen LogP contribution is 2.31. The number of hydrogen-bond donors (Lipinski definition) is 1. The van der Waals surface area contributed by atoms with Crippen molar-refractivity contribution in [2.45, 2.75) is 20.0 Å². The molecule has 5 nitrogen and oxygen atoms in total. The van der Waals surface area contributed by atoms with Crippen LogP contribution in [0, 0.1) is 13.8 Å². The summed E-state index contributed by atoms with van der Waals surface area (Å²) in [5.41, 5.74) is 3.02. The molecule has 0 aromatic carbocycles. The molecule has 0 aliphatic heterocycles. The van der Waals surface area contributed by atoms with Gasteiger partial charge in [0, 0.05) is 24.5 Å². The first-order valence-corrected chi connectivity index (χ1v) is 5.73. The fourth-order valence-corrected chi connectivity index (χ4v) is 2.10. The Morgan fingerprint density at radius 3 is 2.67 bits per heavy atom. The number of aryl methyl sites for hydroxylation is 2. The summed E-state index contributed by atoms with van der Waals surface area (Å²) in [6.07, 6.45) is 0.817.